The van der Waals surface area contributed by atoms with Gasteiger partial charge in [-0.1, -0.05) is 12.1 Å². The summed E-state index contributed by atoms with van der Waals surface area (Å²) in [7, 11) is 0. The van der Waals surface area contributed by atoms with E-state index in [9.17, 15) is 4.79 Å². The van der Waals surface area contributed by atoms with Crippen molar-refractivity contribution in [3.05, 3.63) is 77.9 Å². The summed E-state index contributed by atoms with van der Waals surface area (Å²) >= 11 is 0. The molecule has 1 unspecified atom stereocenters. The number of imidazole rings is 1. The topological polar surface area (TPSA) is 84.8 Å². The summed E-state index contributed by atoms with van der Waals surface area (Å²) in [6.45, 7) is 1.46. The van der Waals surface area contributed by atoms with E-state index in [1.54, 1.807) is 6.20 Å². The zero-order valence-electron chi connectivity index (χ0n) is 15.8. The van der Waals surface area contributed by atoms with Gasteiger partial charge in [0.05, 0.1) is 17.6 Å². The van der Waals surface area contributed by atoms with E-state index in [1.165, 1.54) is 0 Å². The minimum atomic E-state index is -0.145. The molecule has 2 N–H and O–H groups in total. The highest BCUT2D eigenvalue weighted by molar-refractivity contribution is 6.05. The number of carbonyl (C=O) groups is 1. The van der Waals surface area contributed by atoms with Gasteiger partial charge in [0.2, 0.25) is 0 Å². The van der Waals surface area contributed by atoms with Crippen molar-refractivity contribution in [2.45, 2.75) is 25.5 Å². The van der Waals surface area contributed by atoms with E-state index in [1.807, 2.05) is 59.4 Å². The second-order valence-corrected chi connectivity index (χ2v) is 7.21. The van der Waals surface area contributed by atoms with E-state index in [0.29, 0.717) is 12.1 Å². The second-order valence-electron chi connectivity index (χ2n) is 7.21. The van der Waals surface area contributed by atoms with Gasteiger partial charge < -0.3 is 15.0 Å². The third kappa shape index (κ3) is 3.77. The van der Waals surface area contributed by atoms with Gasteiger partial charge in [0.15, 0.2) is 0 Å². The van der Waals surface area contributed by atoms with Crippen molar-refractivity contribution in [1.82, 2.24) is 19.7 Å². The highest BCUT2D eigenvalue weighted by atomic mass is 16.5. The van der Waals surface area contributed by atoms with Crippen LogP contribution in [0.2, 0.25) is 0 Å². The lowest BCUT2D eigenvalue weighted by atomic mass is 10.1. The first-order valence-corrected chi connectivity index (χ1v) is 9.73. The SMILES string of the molecule is O=C(Nc1ccc2nc(C3CCCO3)[nH]c2c1)c1ccc(Cn2cccn2)cc1. The molecule has 1 aliphatic heterocycles. The van der Waals surface area contributed by atoms with Gasteiger partial charge in [-0.15, -0.1) is 0 Å². The number of hydrogen-bond donors (Lipinski definition) is 2. The molecule has 0 aliphatic carbocycles. The van der Waals surface area contributed by atoms with E-state index < -0.39 is 0 Å². The Morgan fingerprint density at radius 1 is 1.24 bits per heavy atom. The number of aromatic nitrogens is 4. The maximum absolute atomic E-state index is 12.6. The minimum absolute atomic E-state index is 0.0423. The van der Waals surface area contributed by atoms with Crippen molar-refractivity contribution in [3.63, 3.8) is 0 Å². The molecule has 146 valence electrons. The maximum atomic E-state index is 12.6. The van der Waals surface area contributed by atoms with Gasteiger partial charge in [-0.2, -0.15) is 5.10 Å². The van der Waals surface area contributed by atoms with Gasteiger partial charge in [0, 0.05) is 30.3 Å². The molecule has 1 atom stereocenters. The van der Waals surface area contributed by atoms with Crippen molar-refractivity contribution in [2.24, 2.45) is 0 Å². The number of hydrogen-bond acceptors (Lipinski definition) is 4. The molecule has 7 nitrogen and oxygen atoms in total. The Labute approximate surface area is 167 Å². The molecule has 0 radical (unpaired) electrons. The van der Waals surface area contributed by atoms with Crippen LogP contribution in [0.5, 0.6) is 0 Å². The fraction of sp³-hybridized carbons (Fsp3) is 0.227. The molecule has 1 saturated heterocycles. The Kier molecular flexibility index (Phi) is 4.57. The van der Waals surface area contributed by atoms with Crippen molar-refractivity contribution in [2.75, 3.05) is 11.9 Å². The van der Waals surface area contributed by atoms with Crippen LogP contribution in [-0.2, 0) is 11.3 Å². The number of carbonyl (C=O) groups excluding carboxylic acids is 1. The number of nitrogens with one attached hydrogen (secondary N) is 2. The average molecular weight is 387 g/mol. The summed E-state index contributed by atoms with van der Waals surface area (Å²) in [6, 6.07) is 15.1. The van der Waals surface area contributed by atoms with Gasteiger partial charge in [0.1, 0.15) is 11.9 Å². The minimum Gasteiger partial charge on any atom is -0.370 e. The molecule has 0 spiro atoms. The number of anilines is 1. The predicted octanol–water partition coefficient (Wildman–Crippen LogP) is 3.91. The Hall–Kier alpha value is -3.45. The van der Waals surface area contributed by atoms with Crippen LogP contribution in [0.15, 0.2) is 60.9 Å². The number of rotatable bonds is 5. The lowest BCUT2D eigenvalue weighted by Crippen LogP contribution is -2.12. The normalized spacial score (nSPS) is 16.3. The van der Waals surface area contributed by atoms with Crippen molar-refractivity contribution in [3.8, 4) is 0 Å². The molecule has 4 aromatic rings. The summed E-state index contributed by atoms with van der Waals surface area (Å²) in [5.74, 6) is 0.711. The van der Waals surface area contributed by atoms with Crippen LogP contribution in [0, 0.1) is 0 Å². The number of H-pyrrole nitrogens is 1. The number of fused-ring (bicyclic) bond motifs is 1. The van der Waals surface area contributed by atoms with Gasteiger partial charge >= 0.3 is 0 Å². The summed E-state index contributed by atoms with van der Waals surface area (Å²) in [5.41, 5.74) is 4.19. The Morgan fingerprint density at radius 2 is 2.14 bits per heavy atom. The van der Waals surface area contributed by atoms with Gasteiger partial charge in [-0.05, 0) is 54.8 Å². The molecule has 2 aromatic heterocycles. The van der Waals surface area contributed by atoms with Crippen LogP contribution >= 0.6 is 0 Å². The van der Waals surface area contributed by atoms with Gasteiger partial charge in [0.25, 0.3) is 5.91 Å². The second kappa shape index (κ2) is 7.52. The van der Waals surface area contributed by atoms with Gasteiger partial charge in [-0.3, -0.25) is 9.48 Å². The molecular weight excluding hydrogens is 366 g/mol. The lowest BCUT2D eigenvalue weighted by molar-refractivity contribution is 0.102. The molecule has 5 rings (SSSR count). The molecular formula is C22H21N5O2. The fourth-order valence-electron chi connectivity index (χ4n) is 3.60. The molecule has 7 heteroatoms. The van der Waals surface area contributed by atoms with Crippen LogP contribution in [-0.4, -0.2) is 32.3 Å². The first-order chi connectivity index (χ1) is 14.2. The predicted molar refractivity (Wildman–Crippen MR) is 110 cm³/mol. The van der Waals surface area contributed by atoms with E-state index >= 15 is 0 Å². The standard InChI is InChI=1S/C22H21N5O2/c28-22(16-6-4-15(5-7-16)14-27-11-2-10-23-27)24-17-8-9-18-19(13-17)26-21(25-18)20-3-1-12-29-20/h2,4-11,13,20H,1,3,12,14H2,(H,24,28)(H,25,26). The third-order valence-corrected chi connectivity index (χ3v) is 5.11. The number of ether oxygens (including phenoxy) is 1. The zero-order valence-corrected chi connectivity index (χ0v) is 15.8. The Bertz CT molecular complexity index is 1130. The smallest absolute Gasteiger partial charge is 0.255 e. The summed E-state index contributed by atoms with van der Waals surface area (Å²) < 4.78 is 7.54. The summed E-state index contributed by atoms with van der Waals surface area (Å²) in [5, 5.41) is 7.16. The lowest BCUT2D eigenvalue weighted by Gasteiger charge is -2.07. The number of aromatic amines is 1. The van der Waals surface area contributed by atoms with E-state index in [-0.39, 0.29) is 12.0 Å². The van der Waals surface area contributed by atoms with Crippen LogP contribution in [0.25, 0.3) is 11.0 Å². The molecule has 1 aliphatic rings. The molecule has 0 saturated carbocycles. The van der Waals surface area contributed by atoms with Gasteiger partial charge in [-0.25, -0.2) is 4.98 Å². The molecule has 3 heterocycles. The molecule has 1 fully saturated rings. The molecule has 2 aromatic carbocycles. The highest BCUT2D eigenvalue weighted by Gasteiger charge is 2.21. The van der Waals surface area contributed by atoms with E-state index in [2.05, 4.69) is 20.4 Å². The quantitative estimate of drug-likeness (QED) is 0.544. The summed E-state index contributed by atoms with van der Waals surface area (Å²) in [6.07, 6.45) is 5.75. The average Bonchev–Trinajstić information content (AvgIpc) is 3.49. The maximum Gasteiger partial charge on any atom is 0.255 e. The van der Waals surface area contributed by atoms with Crippen LogP contribution in [0.3, 0.4) is 0 Å². The monoisotopic (exact) mass is 387 g/mol. The zero-order chi connectivity index (χ0) is 19.6. The number of benzene rings is 2. The number of nitrogens with zero attached hydrogens (tertiary/aromatic N) is 3. The van der Waals surface area contributed by atoms with Crippen LogP contribution < -0.4 is 5.32 Å². The Morgan fingerprint density at radius 3 is 2.90 bits per heavy atom. The highest BCUT2D eigenvalue weighted by Crippen LogP contribution is 2.28. The van der Waals surface area contributed by atoms with Crippen molar-refractivity contribution < 1.29 is 9.53 Å². The van der Waals surface area contributed by atoms with Crippen molar-refractivity contribution >= 4 is 22.6 Å². The van der Waals surface area contributed by atoms with E-state index in [4.69, 9.17) is 4.74 Å². The largest absolute Gasteiger partial charge is 0.370 e. The fourth-order valence-corrected chi connectivity index (χ4v) is 3.60. The summed E-state index contributed by atoms with van der Waals surface area (Å²) in [4.78, 5) is 20.6. The molecule has 0 bridgehead atoms. The number of amides is 1. The molecule has 29 heavy (non-hydrogen) atoms. The van der Waals surface area contributed by atoms with Crippen LogP contribution in [0.4, 0.5) is 5.69 Å². The molecule has 1 amide bonds. The third-order valence-electron chi connectivity index (χ3n) is 5.11. The van der Waals surface area contributed by atoms with Crippen LogP contribution in [0.1, 0.15) is 40.7 Å². The first kappa shape index (κ1) is 17.6. The first-order valence-electron chi connectivity index (χ1n) is 9.73. The Balaban J connectivity index is 1.28. The van der Waals surface area contributed by atoms with E-state index in [0.717, 1.165) is 47.6 Å². The van der Waals surface area contributed by atoms with Crippen molar-refractivity contribution in [1.29, 1.82) is 0 Å².